The van der Waals surface area contributed by atoms with Crippen LogP contribution >= 0.6 is 0 Å². The lowest BCUT2D eigenvalue weighted by Crippen LogP contribution is -2.36. The van der Waals surface area contributed by atoms with Gasteiger partial charge in [-0.3, -0.25) is 0 Å². The van der Waals surface area contributed by atoms with Crippen molar-refractivity contribution in [2.75, 3.05) is 13.1 Å². The molecule has 0 bridgehead atoms. The van der Waals surface area contributed by atoms with Gasteiger partial charge in [-0.15, -0.1) is 13.2 Å². The van der Waals surface area contributed by atoms with Crippen molar-refractivity contribution in [2.24, 2.45) is 0 Å². The average molecular weight is 382 g/mol. The van der Waals surface area contributed by atoms with E-state index in [-0.39, 0.29) is 17.5 Å². The quantitative estimate of drug-likeness (QED) is 0.835. The number of para-hydroxylation sites is 2. The maximum atomic E-state index is 12.6. The number of rotatable bonds is 4. The summed E-state index contributed by atoms with van der Waals surface area (Å²) in [6.45, 7) is 0.754. The second kappa shape index (κ2) is 7.73. The van der Waals surface area contributed by atoms with Crippen LogP contribution in [-0.4, -0.2) is 40.5 Å². The second-order valence-electron chi connectivity index (χ2n) is 6.04. The highest BCUT2D eigenvalue weighted by atomic mass is 19.4. The van der Waals surface area contributed by atoms with Crippen LogP contribution in [0, 0.1) is 0 Å². The van der Waals surface area contributed by atoms with Gasteiger partial charge in [-0.25, -0.2) is 9.78 Å². The van der Waals surface area contributed by atoms with Gasteiger partial charge in [-0.05, 0) is 37.0 Å². The molecule has 1 N–H and O–H groups in total. The van der Waals surface area contributed by atoms with Gasteiger partial charge in [0, 0.05) is 24.8 Å². The van der Waals surface area contributed by atoms with E-state index in [1.807, 2.05) is 0 Å². The summed E-state index contributed by atoms with van der Waals surface area (Å²) in [5.41, 5.74) is 0.726. The lowest BCUT2D eigenvalue weighted by Gasteiger charge is -2.30. The Kier molecular flexibility index (Phi) is 5.38. The van der Waals surface area contributed by atoms with Gasteiger partial charge in [0.1, 0.15) is 0 Å². The minimum atomic E-state index is -4.84. The van der Waals surface area contributed by atoms with E-state index in [9.17, 15) is 18.0 Å². The van der Waals surface area contributed by atoms with Gasteiger partial charge in [-0.1, -0.05) is 18.2 Å². The standard InChI is InChI=1S/C18H17F3N2O4/c19-18(20,21)27-15-6-2-1-5-14(15)26-16-13(4-3-9-22-16)12-7-10-23(11-8-12)17(24)25/h1-6,9,12H,7-8,10-11H2,(H,24,25). The van der Waals surface area contributed by atoms with E-state index in [1.165, 1.54) is 29.3 Å². The summed E-state index contributed by atoms with van der Waals surface area (Å²) in [7, 11) is 0. The number of nitrogens with zero attached hydrogens (tertiary/aromatic N) is 2. The van der Waals surface area contributed by atoms with Gasteiger partial charge in [0.2, 0.25) is 5.88 Å². The highest BCUT2D eigenvalue weighted by molar-refractivity contribution is 5.65. The van der Waals surface area contributed by atoms with Gasteiger partial charge in [0.25, 0.3) is 0 Å². The minimum Gasteiger partial charge on any atom is -0.465 e. The summed E-state index contributed by atoms with van der Waals surface area (Å²) in [6, 6.07) is 8.98. The van der Waals surface area contributed by atoms with Crippen LogP contribution in [0.4, 0.5) is 18.0 Å². The molecule has 0 unspecified atom stereocenters. The lowest BCUT2D eigenvalue weighted by atomic mass is 9.90. The fourth-order valence-corrected chi connectivity index (χ4v) is 3.03. The van der Waals surface area contributed by atoms with Gasteiger partial charge in [-0.2, -0.15) is 0 Å². The zero-order chi connectivity index (χ0) is 19.4. The molecule has 0 saturated carbocycles. The SMILES string of the molecule is O=C(O)N1CCC(c2cccnc2Oc2ccccc2OC(F)(F)F)CC1. The van der Waals surface area contributed by atoms with E-state index in [4.69, 9.17) is 9.84 Å². The van der Waals surface area contributed by atoms with Crippen LogP contribution in [-0.2, 0) is 0 Å². The third-order valence-corrected chi connectivity index (χ3v) is 4.29. The molecule has 1 aliphatic heterocycles. The second-order valence-corrected chi connectivity index (χ2v) is 6.04. The predicted octanol–water partition coefficient (Wildman–Crippen LogP) is 4.63. The molecule has 1 aromatic heterocycles. The van der Waals surface area contributed by atoms with Gasteiger partial charge in [0.05, 0.1) is 0 Å². The Labute approximate surface area is 153 Å². The van der Waals surface area contributed by atoms with Crippen molar-refractivity contribution < 1.29 is 32.5 Å². The van der Waals surface area contributed by atoms with Crippen molar-refractivity contribution in [2.45, 2.75) is 25.1 Å². The van der Waals surface area contributed by atoms with E-state index >= 15 is 0 Å². The van der Waals surface area contributed by atoms with E-state index in [1.54, 1.807) is 12.1 Å². The molecule has 2 heterocycles. The van der Waals surface area contributed by atoms with Crippen molar-refractivity contribution in [3.05, 3.63) is 48.2 Å². The number of carbonyl (C=O) groups is 1. The first-order chi connectivity index (χ1) is 12.8. The monoisotopic (exact) mass is 382 g/mol. The van der Waals surface area contributed by atoms with Gasteiger partial charge >= 0.3 is 12.5 Å². The van der Waals surface area contributed by atoms with Crippen LogP contribution in [0.15, 0.2) is 42.6 Å². The largest absolute Gasteiger partial charge is 0.573 e. The number of pyridine rings is 1. The van der Waals surface area contributed by atoms with Crippen LogP contribution in [0.3, 0.4) is 0 Å². The first kappa shape index (κ1) is 18.8. The molecule has 27 heavy (non-hydrogen) atoms. The van der Waals surface area contributed by atoms with Crippen molar-refractivity contribution in [3.8, 4) is 17.4 Å². The molecule has 9 heteroatoms. The van der Waals surface area contributed by atoms with E-state index in [2.05, 4.69) is 9.72 Å². The molecule has 0 spiro atoms. The van der Waals surface area contributed by atoms with Crippen LogP contribution in [0.5, 0.6) is 17.4 Å². The highest BCUT2D eigenvalue weighted by Crippen LogP contribution is 2.38. The number of likely N-dealkylation sites (tertiary alicyclic amines) is 1. The summed E-state index contributed by atoms with van der Waals surface area (Å²) in [5, 5.41) is 9.05. The maximum absolute atomic E-state index is 12.6. The van der Waals surface area contributed by atoms with Crippen LogP contribution < -0.4 is 9.47 Å². The topological polar surface area (TPSA) is 71.9 Å². The molecule has 1 aliphatic rings. The molecular weight excluding hydrogens is 365 g/mol. The lowest BCUT2D eigenvalue weighted by molar-refractivity contribution is -0.275. The number of carboxylic acid groups (broad SMARTS) is 1. The average Bonchev–Trinajstić information content (AvgIpc) is 2.63. The molecule has 144 valence electrons. The minimum absolute atomic E-state index is 0.00000303. The highest BCUT2D eigenvalue weighted by Gasteiger charge is 2.33. The third-order valence-electron chi connectivity index (χ3n) is 4.29. The number of piperidine rings is 1. The number of halogens is 3. The first-order valence-corrected chi connectivity index (χ1v) is 8.29. The Balaban J connectivity index is 1.81. The van der Waals surface area contributed by atoms with Gasteiger partial charge in [0.15, 0.2) is 11.5 Å². The normalized spacial score (nSPS) is 15.4. The number of aromatic nitrogens is 1. The molecular formula is C18H17F3N2O4. The number of hydrogen-bond donors (Lipinski definition) is 1. The molecule has 3 rings (SSSR count). The fraction of sp³-hybridized carbons (Fsp3) is 0.333. The van der Waals surface area contributed by atoms with Crippen LogP contribution in [0.25, 0.3) is 0 Å². The summed E-state index contributed by atoms with van der Waals surface area (Å²) in [4.78, 5) is 16.5. The zero-order valence-electron chi connectivity index (χ0n) is 14.1. The number of ether oxygens (including phenoxy) is 2. The predicted molar refractivity (Wildman–Crippen MR) is 89.0 cm³/mol. The molecule has 1 aromatic carbocycles. The zero-order valence-corrected chi connectivity index (χ0v) is 14.1. The number of hydrogen-bond acceptors (Lipinski definition) is 4. The van der Waals surface area contributed by atoms with E-state index in [0.717, 1.165) is 11.6 Å². The van der Waals surface area contributed by atoms with Crippen LogP contribution in [0.2, 0.25) is 0 Å². The van der Waals surface area contributed by atoms with Crippen molar-refractivity contribution >= 4 is 6.09 Å². The van der Waals surface area contributed by atoms with Crippen molar-refractivity contribution in [1.29, 1.82) is 0 Å². The maximum Gasteiger partial charge on any atom is 0.573 e. The van der Waals surface area contributed by atoms with Crippen LogP contribution in [0.1, 0.15) is 24.3 Å². The number of benzene rings is 1. The smallest absolute Gasteiger partial charge is 0.465 e. The molecule has 0 atom stereocenters. The molecule has 0 aliphatic carbocycles. The Morgan fingerprint density at radius 2 is 1.78 bits per heavy atom. The molecule has 1 fully saturated rings. The summed E-state index contributed by atoms with van der Waals surface area (Å²) in [6.07, 6.45) is -3.16. The number of amides is 1. The Morgan fingerprint density at radius 3 is 2.41 bits per heavy atom. The molecule has 6 nitrogen and oxygen atoms in total. The third kappa shape index (κ3) is 4.81. The summed E-state index contributed by atoms with van der Waals surface area (Å²) < 4.78 is 47.4. The van der Waals surface area contributed by atoms with Crippen molar-refractivity contribution in [3.63, 3.8) is 0 Å². The molecule has 1 amide bonds. The Morgan fingerprint density at radius 1 is 1.11 bits per heavy atom. The summed E-state index contributed by atoms with van der Waals surface area (Å²) >= 11 is 0. The molecule has 1 saturated heterocycles. The van der Waals surface area contributed by atoms with E-state index in [0.29, 0.717) is 25.9 Å². The number of alkyl halides is 3. The first-order valence-electron chi connectivity index (χ1n) is 8.29. The molecule has 0 radical (unpaired) electrons. The molecule has 2 aromatic rings. The Bertz CT molecular complexity index is 805. The van der Waals surface area contributed by atoms with Crippen molar-refractivity contribution in [1.82, 2.24) is 9.88 Å². The summed E-state index contributed by atoms with van der Waals surface area (Å²) in [5.74, 6) is -0.371. The fourth-order valence-electron chi connectivity index (χ4n) is 3.03. The van der Waals surface area contributed by atoms with E-state index < -0.39 is 18.2 Å². The van der Waals surface area contributed by atoms with Gasteiger partial charge < -0.3 is 19.5 Å². The Hall–Kier alpha value is -2.97.